The highest BCUT2D eigenvalue weighted by molar-refractivity contribution is 5.78. The SMILES string of the molecule is CC(CC(=O)NCC(Oc1ccc(F)cc1)C(=O)O)Cc1cccc(F)c1. The van der Waals surface area contributed by atoms with Gasteiger partial charge in [-0.15, -0.1) is 0 Å². The summed E-state index contributed by atoms with van der Waals surface area (Å²) in [5.41, 5.74) is 0.790. The number of hydrogen-bond donors (Lipinski definition) is 2. The molecule has 0 radical (unpaired) electrons. The van der Waals surface area contributed by atoms with Crippen molar-refractivity contribution in [2.45, 2.75) is 25.9 Å². The summed E-state index contributed by atoms with van der Waals surface area (Å²) < 4.78 is 31.4. The topological polar surface area (TPSA) is 75.6 Å². The summed E-state index contributed by atoms with van der Waals surface area (Å²) in [7, 11) is 0. The summed E-state index contributed by atoms with van der Waals surface area (Å²) in [5.74, 6) is -2.22. The number of nitrogens with one attached hydrogen (secondary N) is 1. The van der Waals surface area contributed by atoms with Crippen LogP contribution in [0.4, 0.5) is 8.78 Å². The van der Waals surface area contributed by atoms with Crippen molar-refractivity contribution in [3.63, 3.8) is 0 Å². The fraction of sp³-hybridized carbons (Fsp3) is 0.300. The maximum absolute atomic E-state index is 13.2. The molecule has 2 N–H and O–H groups in total. The molecule has 2 atom stereocenters. The van der Waals surface area contributed by atoms with Gasteiger partial charge in [-0.05, 0) is 54.3 Å². The number of aliphatic carboxylic acids is 1. The number of halogens is 2. The third kappa shape index (κ3) is 7.05. The Labute approximate surface area is 156 Å². The number of carbonyl (C=O) groups excluding carboxylic acids is 1. The zero-order chi connectivity index (χ0) is 19.8. The van der Waals surface area contributed by atoms with Crippen molar-refractivity contribution in [1.82, 2.24) is 5.32 Å². The van der Waals surface area contributed by atoms with Gasteiger partial charge in [0.2, 0.25) is 12.0 Å². The Hall–Kier alpha value is -2.96. The van der Waals surface area contributed by atoms with Crippen LogP contribution in [0.2, 0.25) is 0 Å². The molecule has 0 aliphatic rings. The lowest BCUT2D eigenvalue weighted by molar-refractivity contribution is -0.145. The van der Waals surface area contributed by atoms with Crippen LogP contribution in [0.25, 0.3) is 0 Å². The van der Waals surface area contributed by atoms with E-state index in [9.17, 15) is 23.5 Å². The molecule has 2 aromatic carbocycles. The van der Waals surface area contributed by atoms with Crippen LogP contribution in [0.3, 0.4) is 0 Å². The van der Waals surface area contributed by atoms with Gasteiger partial charge >= 0.3 is 5.97 Å². The second-order valence-electron chi connectivity index (χ2n) is 6.35. The van der Waals surface area contributed by atoms with E-state index in [0.29, 0.717) is 6.42 Å². The first kappa shape index (κ1) is 20.4. The van der Waals surface area contributed by atoms with E-state index in [1.54, 1.807) is 12.1 Å². The van der Waals surface area contributed by atoms with Gasteiger partial charge in [0.25, 0.3) is 0 Å². The Morgan fingerprint density at radius 3 is 2.44 bits per heavy atom. The zero-order valence-corrected chi connectivity index (χ0v) is 14.8. The minimum atomic E-state index is -1.29. The summed E-state index contributed by atoms with van der Waals surface area (Å²) in [4.78, 5) is 23.3. The maximum atomic E-state index is 13.2. The number of carboxylic acids is 1. The number of carboxylic acid groups (broad SMARTS) is 1. The van der Waals surface area contributed by atoms with Crippen molar-refractivity contribution in [3.05, 3.63) is 65.7 Å². The van der Waals surface area contributed by atoms with Gasteiger partial charge in [-0.2, -0.15) is 0 Å². The van der Waals surface area contributed by atoms with Gasteiger partial charge < -0.3 is 15.2 Å². The Bertz CT molecular complexity index is 780. The van der Waals surface area contributed by atoms with E-state index in [1.165, 1.54) is 24.3 Å². The average Bonchev–Trinajstić information content (AvgIpc) is 2.59. The second kappa shape index (κ2) is 9.66. The van der Waals surface area contributed by atoms with Crippen LogP contribution in [0.5, 0.6) is 5.75 Å². The number of ether oxygens (including phenoxy) is 1. The highest BCUT2D eigenvalue weighted by Gasteiger charge is 2.21. The van der Waals surface area contributed by atoms with Crippen molar-refractivity contribution in [2.75, 3.05) is 6.54 Å². The molecule has 2 aromatic rings. The van der Waals surface area contributed by atoms with Gasteiger partial charge in [-0.1, -0.05) is 19.1 Å². The van der Waals surface area contributed by atoms with Crippen LogP contribution < -0.4 is 10.1 Å². The van der Waals surface area contributed by atoms with Crippen LogP contribution >= 0.6 is 0 Å². The zero-order valence-electron chi connectivity index (χ0n) is 14.8. The van der Waals surface area contributed by atoms with Gasteiger partial charge in [-0.3, -0.25) is 4.79 Å². The molecule has 0 saturated carbocycles. The highest BCUT2D eigenvalue weighted by atomic mass is 19.1. The molecule has 0 aliphatic heterocycles. The number of carbonyl (C=O) groups is 2. The van der Waals surface area contributed by atoms with E-state index in [1.807, 2.05) is 6.92 Å². The minimum Gasteiger partial charge on any atom is -0.478 e. The van der Waals surface area contributed by atoms with Crippen molar-refractivity contribution in [3.8, 4) is 5.75 Å². The summed E-state index contributed by atoms with van der Waals surface area (Å²) in [6.07, 6.45) is -0.600. The fourth-order valence-corrected chi connectivity index (χ4v) is 2.59. The third-order valence-corrected chi connectivity index (χ3v) is 3.86. The average molecular weight is 377 g/mol. The standard InChI is InChI=1S/C20H21F2NO4/c1-13(9-14-3-2-4-16(22)11-14)10-19(24)23-12-18(20(25)26)27-17-7-5-15(21)6-8-17/h2-8,11,13,18H,9-10,12H2,1H3,(H,23,24)(H,25,26). The maximum Gasteiger partial charge on any atom is 0.346 e. The Morgan fingerprint density at radius 1 is 1.11 bits per heavy atom. The molecule has 0 aromatic heterocycles. The molecule has 5 nitrogen and oxygen atoms in total. The summed E-state index contributed by atoms with van der Waals surface area (Å²) >= 11 is 0. The summed E-state index contributed by atoms with van der Waals surface area (Å²) in [6.45, 7) is 1.63. The van der Waals surface area contributed by atoms with E-state index in [0.717, 1.165) is 17.7 Å². The lowest BCUT2D eigenvalue weighted by Gasteiger charge is -2.17. The largest absolute Gasteiger partial charge is 0.478 e. The minimum absolute atomic E-state index is 0.0481. The van der Waals surface area contributed by atoms with E-state index >= 15 is 0 Å². The van der Waals surface area contributed by atoms with Gasteiger partial charge in [0, 0.05) is 6.42 Å². The molecule has 0 saturated heterocycles. The Morgan fingerprint density at radius 2 is 1.81 bits per heavy atom. The fourth-order valence-electron chi connectivity index (χ4n) is 2.59. The van der Waals surface area contributed by atoms with Gasteiger partial charge in [0.15, 0.2) is 0 Å². The highest BCUT2D eigenvalue weighted by Crippen LogP contribution is 2.14. The molecule has 0 bridgehead atoms. The van der Waals surface area contributed by atoms with Crippen molar-refractivity contribution in [1.29, 1.82) is 0 Å². The first-order chi connectivity index (χ1) is 12.8. The Balaban J connectivity index is 1.82. The molecular formula is C20H21F2NO4. The predicted octanol–water partition coefficient (Wildman–Crippen LogP) is 3.18. The van der Waals surface area contributed by atoms with Gasteiger partial charge in [0.1, 0.15) is 17.4 Å². The molecule has 1 amide bonds. The van der Waals surface area contributed by atoms with Crippen LogP contribution in [0, 0.1) is 17.6 Å². The number of amides is 1. The molecule has 7 heteroatoms. The molecular weight excluding hydrogens is 356 g/mol. The number of benzene rings is 2. The molecule has 0 fully saturated rings. The molecule has 27 heavy (non-hydrogen) atoms. The quantitative estimate of drug-likeness (QED) is 0.704. The van der Waals surface area contributed by atoms with Gasteiger partial charge in [-0.25, -0.2) is 13.6 Å². The van der Waals surface area contributed by atoms with E-state index in [-0.39, 0.29) is 36.4 Å². The summed E-state index contributed by atoms with van der Waals surface area (Å²) in [6, 6.07) is 11.1. The third-order valence-electron chi connectivity index (χ3n) is 3.86. The molecule has 0 aliphatic carbocycles. The van der Waals surface area contributed by atoms with Crippen LogP contribution in [-0.2, 0) is 16.0 Å². The van der Waals surface area contributed by atoms with E-state index in [4.69, 9.17) is 4.74 Å². The normalized spacial score (nSPS) is 12.9. The van der Waals surface area contributed by atoms with Crippen molar-refractivity contribution >= 4 is 11.9 Å². The lowest BCUT2D eigenvalue weighted by atomic mass is 9.98. The monoisotopic (exact) mass is 377 g/mol. The lowest BCUT2D eigenvalue weighted by Crippen LogP contribution is -2.40. The first-order valence-electron chi connectivity index (χ1n) is 8.49. The molecule has 2 unspecified atom stereocenters. The smallest absolute Gasteiger partial charge is 0.346 e. The van der Waals surface area contributed by atoms with Crippen LogP contribution in [0.1, 0.15) is 18.9 Å². The van der Waals surface area contributed by atoms with Crippen molar-refractivity contribution < 1.29 is 28.2 Å². The Kier molecular flexibility index (Phi) is 7.28. The number of rotatable bonds is 9. The van der Waals surface area contributed by atoms with E-state index in [2.05, 4.69) is 5.32 Å². The molecule has 2 rings (SSSR count). The van der Waals surface area contributed by atoms with Crippen molar-refractivity contribution in [2.24, 2.45) is 5.92 Å². The first-order valence-corrected chi connectivity index (χ1v) is 8.49. The number of hydrogen-bond acceptors (Lipinski definition) is 3. The molecule has 144 valence electrons. The van der Waals surface area contributed by atoms with Crippen LogP contribution in [-0.4, -0.2) is 29.6 Å². The molecule has 0 spiro atoms. The van der Waals surface area contributed by atoms with Gasteiger partial charge in [0.05, 0.1) is 6.54 Å². The summed E-state index contributed by atoms with van der Waals surface area (Å²) in [5, 5.41) is 11.7. The van der Waals surface area contributed by atoms with E-state index < -0.39 is 17.9 Å². The molecule has 0 heterocycles. The predicted molar refractivity (Wildman–Crippen MR) is 95.3 cm³/mol. The van der Waals surface area contributed by atoms with Crippen LogP contribution in [0.15, 0.2) is 48.5 Å². The second-order valence-corrected chi connectivity index (χ2v) is 6.35.